The van der Waals surface area contributed by atoms with E-state index in [2.05, 4.69) is 20.4 Å². The van der Waals surface area contributed by atoms with Crippen molar-refractivity contribution < 1.29 is 14.4 Å². The van der Waals surface area contributed by atoms with Gasteiger partial charge in [-0.3, -0.25) is 9.78 Å². The summed E-state index contributed by atoms with van der Waals surface area (Å²) < 4.78 is 5.05. The van der Waals surface area contributed by atoms with Crippen molar-refractivity contribution in [1.82, 2.24) is 9.97 Å². The molecule has 0 bridgehead atoms. The van der Waals surface area contributed by atoms with Crippen molar-refractivity contribution in [3.05, 3.63) is 53.5 Å². The summed E-state index contributed by atoms with van der Waals surface area (Å²) in [7, 11) is 0. The number of amides is 1. The Morgan fingerprint density at radius 3 is 2.80 bits per heavy atom. The average Bonchev–Trinajstić information content (AvgIpc) is 2.58. The van der Waals surface area contributed by atoms with Crippen molar-refractivity contribution in [3.8, 4) is 0 Å². The first-order chi connectivity index (χ1) is 12.2. The van der Waals surface area contributed by atoms with Gasteiger partial charge in [0.15, 0.2) is 6.10 Å². The molecule has 0 unspecified atom stereocenters. The molecule has 25 heavy (non-hydrogen) atoms. The van der Waals surface area contributed by atoms with Crippen LogP contribution >= 0.6 is 0 Å². The highest BCUT2D eigenvalue weighted by Gasteiger charge is 2.20. The van der Waals surface area contributed by atoms with Crippen LogP contribution in [0.1, 0.15) is 34.8 Å². The van der Waals surface area contributed by atoms with Gasteiger partial charge in [-0.15, -0.1) is 0 Å². The van der Waals surface area contributed by atoms with Gasteiger partial charge < -0.3 is 14.9 Å². The Labute approximate surface area is 146 Å². The van der Waals surface area contributed by atoms with E-state index in [0.717, 1.165) is 23.3 Å². The number of nitrogens with one attached hydrogen (secondary N) is 1. The second kappa shape index (κ2) is 7.85. The molecule has 0 spiro atoms. The van der Waals surface area contributed by atoms with Crippen LogP contribution in [0.25, 0.3) is 0 Å². The number of hydrogen-bond acceptors (Lipinski definition) is 6. The third-order valence-electron chi connectivity index (χ3n) is 3.88. The number of aryl methyl sites for hydroxylation is 1. The summed E-state index contributed by atoms with van der Waals surface area (Å²) in [5, 5.41) is 6.96. The van der Waals surface area contributed by atoms with E-state index in [0.29, 0.717) is 24.6 Å². The summed E-state index contributed by atoms with van der Waals surface area (Å²) in [6, 6.07) is 5.40. The predicted molar refractivity (Wildman–Crippen MR) is 93.7 cm³/mol. The van der Waals surface area contributed by atoms with Crippen LogP contribution in [0.2, 0.25) is 0 Å². The number of rotatable bonds is 6. The van der Waals surface area contributed by atoms with E-state index >= 15 is 0 Å². The van der Waals surface area contributed by atoms with E-state index in [1.165, 1.54) is 0 Å². The quantitative estimate of drug-likeness (QED) is 0.645. The standard InChI is InChI=1S/C18H20N4O3/c1-3-16(22-25-14-10-24-11-14)13-4-5-17(20-8-13)21-18(23)15-9-19-7-6-12(15)2/h4-9,14H,3,10-11H2,1-2H3,(H,20,21,23). The molecule has 0 radical (unpaired) electrons. The van der Waals surface area contributed by atoms with Crippen molar-refractivity contribution in [1.29, 1.82) is 0 Å². The summed E-state index contributed by atoms with van der Waals surface area (Å²) in [5.74, 6) is 0.240. The zero-order valence-corrected chi connectivity index (χ0v) is 14.2. The lowest BCUT2D eigenvalue weighted by atomic mass is 10.1. The lowest BCUT2D eigenvalue weighted by Crippen LogP contribution is -2.34. The number of pyridine rings is 2. The molecule has 0 aliphatic carbocycles. The van der Waals surface area contributed by atoms with Gasteiger partial charge >= 0.3 is 0 Å². The summed E-state index contributed by atoms with van der Waals surface area (Å²) >= 11 is 0. The van der Waals surface area contributed by atoms with Crippen molar-refractivity contribution in [2.75, 3.05) is 18.5 Å². The fourth-order valence-electron chi connectivity index (χ4n) is 2.26. The highest BCUT2D eigenvalue weighted by molar-refractivity contribution is 6.05. The number of oxime groups is 1. The van der Waals surface area contributed by atoms with Crippen molar-refractivity contribution in [2.24, 2.45) is 5.16 Å². The van der Waals surface area contributed by atoms with Crippen molar-refractivity contribution in [2.45, 2.75) is 26.4 Å². The zero-order chi connectivity index (χ0) is 17.6. The fraction of sp³-hybridized carbons (Fsp3) is 0.333. The molecule has 1 aliphatic rings. The Balaban J connectivity index is 1.67. The molecule has 0 saturated carbocycles. The van der Waals surface area contributed by atoms with E-state index < -0.39 is 0 Å². The van der Waals surface area contributed by atoms with Crippen LogP contribution in [-0.2, 0) is 9.57 Å². The first-order valence-electron chi connectivity index (χ1n) is 8.16. The molecule has 3 rings (SSSR count). The highest BCUT2D eigenvalue weighted by atomic mass is 16.7. The minimum absolute atomic E-state index is 0.0378. The monoisotopic (exact) mass is 340 g/mol. The van der Waals surface area contributed by atoms with Gasteiger partial charge in [0.25, 0.3) is 5.91 Å². The average molecular weight is 340 g/mol. The van der Waals surface area contributed by atoms with Crippen molar-refractivity contribution in [3.63, 3.8) is 0 Å². The van der Waals surface area contributed by atoms with Crippen LogP contribution in [0.15, 0.2) is 41.9 Å². The first-order valence-corrected chi connectivity index (χ1v) is 8.16. The van der Waals surface area contributed by atoms with Crippen LogP contribution in [0.4, 0.5) is 5.82 Å². The summed E-state index contributed by atoms with van der Waals surface area (Å²) in [6.45, 7) is 5.03. The highest BCUT2D eigenvalue weighted by Crippen LogP contribution is 2.13. The molecule has 0 atom stereocenters. The largest absolute Gasteiger partial charge is 0.387 e. The molecule has 1 saturated heterocycles. The van der Waals surface area contributed by atoms with E-state index in [1.54, 1.807) is 30.7 Å². The zero-order valence-electron chi connectivity index (χ0n) is 14.2. The molecule has 0 aromatic carbocycles. The van der Waals surface area contributed by atoms with Gasteiger partial charge in [0, 0.05) is 24.2 Å². The molecule has 1 N–H and O–H groups in total. The Morgan fingerprint density at radius 2 is 2.20 bits per heavy atom. The predicted octanol–water partition coefficient (Wildman–Crippen LogP) is 2.57. The lowest BCUT2D eigenvalue weighted by Gasteiger charge is -2.23. The molecule has 2 aromatic rings. The maximum atomic E-state index is 12.3. The third-order valence-corrected chi connectivity index (χ3v) is 3.88. The second-order valence-electron chi connectivity index (χ2n) is 5.73. The third kappa shape index (κ3) is 4.19. The number of ether oxygens (including phenoxy) is 1. The summed E-state index contributed by atoms with van der Waals surface area (Å²) in [5.41, 5.74) is 3.06. The Kier molecular flexibility index (Phi) is 5.35. The molecular weight excluding hydrogens is 320 g/mol. The smallest absolute Gasteiger partial charge is 0.258 e. The van der Waals surface area contributed by atoms with E-state index in [-0.39, 0.29) is 12.0 Å². The number of carbonyl (C=O) groups excluding carboxylic acids is 1. The number of carbonyl (C=O) groups is 1. The van der Waals surface area contributed by atoms with Crippen LogP contribution in [0.3, 0.4) is 0 Å². The van der Waals surface area contributed by atoms with E-state index in [9.17, 15) is 4.79 Å². The normalized spacial score (nSPS) is 14.7. The number of hydrogen-bond donors (Lipinski definition) is 1. The van der Waals surface area contributed by atoms with Crippen LogP contribution < -0.4 is 5.32 Å². The van der Waals surface area contributed by atoms with Crippen molar-refractivity contribution >= 4 is 17.4 Å². The number of anilines is 1. The van der Waals surface area contributed by atoms with Crippen LogP contribution in [0, 0.1) is 6.92 Å². The summed E-state index contributed by atoms with van der Waals surface area (Å²) in [4.78, 5) is 26.0. The van der Waals surface area contributed by atoms with Gasteiger partial charge in [-0.05, 0) is 37.1 Å². The SMILES string of the molecule is CCC(=NOC1COC1)c1ccc(NC(=O)c2cnccc2C)nc1. The summed E-state index contributed by atoms with van der Waals surface area (Å²) in [6.07, 6.45) is 5.63. The van der Waals surface area contributed by atoms with Gasteiger partial charge in [-0.2, -0.15) is 0 Å². The van der Waals surface area contributed by atoms with Gasteiger partial charge in [-0.25, -0.2) is 4.98 Å². The molecule has 1 fully saturated rings. The molecule has 3 heterocycles. The van der Waals surface area contributed by atoms with Gasteiger partial charge in [-0.1, -0.05) is 12.1 Å². The minimum Gasteiger partial charge on any atom is -0.387 e. The Hall–Kier alpha value is -2.80. The lowest BCUT2D eigenvalue weighted by molar-refractivity contribution is -0.129. The van der Waals surface area contributed by atoms with Gasteiger partial charge in [0.2, 0.25) is 0 Å². The maximum Gasteiger partial charge on any atom is 0.258 e. The fourth-order valence-corrected chi connectivity index (χ4v) is 2.26. The number of nitrogens with zero attached hydrogens (tertiary/aromatic N) is 3. The molecule has 1 amide bonds. The van der Waals surface area contributed by atoms with Crippen LogP contribution in [0.5, 0.6) is 0 Å². The Morgan fingerprint density at radius 1 is 1.36 bits per heavy atom. The number of aromatic nitrogens is 2. The van der Waals surface area contributed by atoms with Crippen LogP contribution in [-0.4, -0.2) is 40.9 Å². The minimum atomic E-state index is -0.233. The molecule has 1 aliphatic heterocycles. The second-order valence-corrected chi connectivity index (χ2v) is 5.73. The molecule has 2 aromatic heterocycles. The molecule has 7 heteroatoms. The maximum absolute atomic E-state index is 12.3. The van der Waals surface area contributed by atoms with E-state index in [4.69, 9.17) is 9.57 Å². The van der Waals surface area contributed by atoms with Gasteiger partial charge in [0.05, 0.1) is 24.5 Å². The molecule has 130 valence electrons. The molecular formula is C18H20N4O3. The first kappa shape index (κ1) is 17.0. The Bertz CT molecular complexity index is 770. The van der Waals surface area contributed by atoms with E-state index in [1.807, 2.05) is 19.9 Å². The molecule has 7 nitrogen and oxygen atoms in total. The topological polar surface area (TPSA) is 85.7 Å². The van der Waals surface area contributed by atoms with Gasteiger partial charge in [0.1, 0.15) is 5.82 Å².